The van der Waals surface area contributed by atoms with Gasteiger partial charge in [-0.1, -0.05) is 17.7 Å². The minimum atomic E-state index is -0.201. The number of hydrogen-bond donors (Lipinski definition) is 1. The summed E-state index contributed by atoms with van der Waals surface area (Å²) in [4.78, 5) is 20.9. The molecule has 1 N–H and O–H groups in total. The van der Waals surface area contributed by atoms with E-state index in [9.17, 15) is 4.79 Å². The molecule has 8 nitrogen and oxygen atoms in total. The average molecular weight is 375 g/mol. The third-order valence-electron chi connectivity index (χ3n) is 4.50. The Morgan fingerprint density at radius 2 is 2.31 bits per heavy atom. The highest BCUT2D eigenvalue weighted by Crippen LogP contribution is 2.14. The Balaban J connectivity index is 1.65. The lowest BCUT2D eigenvalue weighted by Crippen LogP contribution is -2.20. The number of aromatic nitrogens is 5. The Kier molecular flexibility index (Phi) is 4.60. The topological polar surface area (TPSA) is 86.3 Å². The summed E-state index contributed by atoms with van der Waals surface area (Å²) in [7, 11) is 0. The fourth-order valence-electron chi connectivity index (χ4n) is 3.03. The minimum Gasteiger partial charge on any atom is -0.381 e. The second-order valence-electron chi connectivity index (χ2n) is 6.46. The molecule has 3 aromatic heterocycles. The van der Waals surface area contributed by atoms with Crippen molar-refractivity contribution in [2.24, 2.45) is 5.92 Å². The van der Waals surface area contributed by atoms with Gasteiger partial charge in [-0.15, -0.1) is 5.10 Å². The van der Waals surface area contributed by atoms with Gasteiger partial charge in [0.15, 0.2) is 0 Å². The van der Waals surface area contributed by atoms with E-state index >= 15 is 0 Å². The van der Waals surface area contributed by atoms with Gasteiger partial charge in [0.1, 0.15) is 5.15 Å². The van der Waals surface area contributed by atoms with Crippen molar-refractivity contribution in [3.8, 4) is 0 Å². The molecule has 1 aliphatic rings. The van der Waals surface area contributed by atoms with Crippen LogP contribution in [0.5, 0.6) is 0 Å². The van der Waals surface area contributed by atoms with E-state index in [0.717, 1.165) is 37.4 Å². The molecule has 4 heterocycles. The Morgan fingerprint density at radius 3 is 3.04 bits per heavy atom. The molecule has 3 aromatic rings. The normalized spacial score (nSPS) is 17.1. The zero-order chi connectivity index (χ0) is 18.1. The lowest BCUT2D eigenvalue weighted by molar-refractivity contribution is 0.187. The second-order valence-corrected chi connectivity index (χ2v) is 6.84. The first-order valence-corrected chi connectivity index (χ1v) is 8.87. The number of fused-ring (bicyclic) bond motifs is 1. The van der Waals surface area contributed by atoms with Crippen molar-refractivity contribution in [1.29, 1.82) is 0 Å². The van der Waals surface area contributed by atoms with E-state index in [1.165, 1.54) is 4.52 Å². The van der Waals surface area contributed by atoms with Crippen LogP contribution in [-0.4, -0.2) is 43.9 Å². The molecule has 1 fully saturated rings. The number of nitrogens with one attached hydrogen (secondary N) is 1. The maximum absolute atomic E-state index is 12.3. The van der Waals surface area contributed by atoms with Crippen molar-refractivity contribution >= 4 is 23.3 Å². The van der Waals surface area contributed by atoms with E-state index in [0.29, 0.717) is 29.3 Å². The molecule has 0 radical (unpaired) electrons. The van der Waals surface area contributed by atoms with Crippen LogP contribution in [0, 0.1) is 12.8 Å². The predicted octanol–water partition coefficient (Wildman–Crippen LogP) is 1.74. The van der Waals surface area contributed by atoms with E-state index in [1.807, 2.05) is 17.6 Å². The van der Waals surface area contributed by atoms with Crippen molar-refractivity contribution in [3.05, 3.63) is 51.2 Å². The molecule has 0 aliphatic carbocycles. The van der Waals surface area contributed by atoms with Crippen molar-refractivity contribution in [2.75, 3.05) is 25.1 Å². The van der Waals surface area contributed by atoms with E-state index < -0.39 is 0 Å². The Morgan fingerprint density at radius 1 is 1.42 bits per heavy atom. The van der Waals surface area contributed by atoms with E-state index in [4.69, 9.17) is 16.3 Å². The number of nitrogens with zero attached hydrogens (tertiary/aromatic N) is 5. The predicted molar refractivity (Wildman–Crippen MR) is 97.7 cm³/mol. The third-order valence-corrected chi connectivity index (χ3v) is 4.72. The zero-order valence-electron chi connectivity index (χ0n) is 14.4. The van der Waals surface area contributed by atoms with Crippen LogP contribution in [0.15, 0.2) is 29.2 Å². The van der Waals surface area contributed by atoms with Gasteiger partial charge in [-0.2, -0.15) is 9.50 Å². The summed E-state index contributed by atoms with van der Waals surface area (Å²) in [6.45, 7) is 4.67. The summed E-state index contributed by atoms with van der Waals surface area (Å²) in [6.07, 6.45) is 2.74. The summed E-state index contributed by atoms with van der Waals surface area (Å²) in [5.74, 6) is 1.39. The summed E-state index contributed by atoms with van der Waals surface area (Å²) < 4.78 is 8.63. The standard InChI is InChI=1S/C17H19ClN6O2/c1-11-6-15(25)24-17(23(11)9-12-2-3-14(18)19-7-12)21-16(22-24)20-8-13-4-5-26-10-13/h2-3,6-7,13H,4-5,8-10H2,1H3,(H,20,22). The van der Waals surface area contributed by atoms with Crippen molar-refractivity contribution in [1.82, 2.24) is 24.1 Å². The summed E-state index contributed by atoms with van der Waals surface area (Å²) in [5.41, 5.74) is 1.57. The largest absolute Gasteiger partial charge is 0.381 e. The number of aryl methyl sites for hydroxylation is 1. The van der Waals surface area contributed by atoms with Gasteiger partial charge in [0, 0.05) is 37.0 Å². The molecule has 0 spiro atoms. The molecule has 0 bridgehead atoms. The van der Waals surface area contributed by atoms with Crippen molar-refractivity contribution < 1.29 is 4.74 Å². The molecule has 0 saturated carbocycles. The molecular formula is C17H19ClN6O2. The van der Waals surface area contributed by atoms with Gasteiger partial charge in [0.05, 0.1) is 13.2 Å². The first kappa shape index (κ1) is 17.0. The fourth-order valence-corrected chi connectivity index (χ4v) is 3.15. The lowest BCUT2D eigenvalue weighted by Gasteiger charge is -2.11. The molecule has 4 rings (SSSR count). The Bertz CT molecular complexity index is 975. The average Bonchev–Trinajstić information content (AvgIpc) is 3.28. The van der Waals surface area contributed by atoms with Crippen LogP contribution in [0.3, 0.4) is 0 Å². The Labute approximate surface area is 154 Å². The number of pyridine rings is 1. The van der Waals surface area contributed by atoms with E-state index in [2.05, 4.69) is 20.4 Å². The van der Waals surface area contributed by atoms with Gasteiger partial charge < -0.3 is 14.6 Å². The third kappa shape index (κ3) is 3.42. The van der Waals surface area contributed by atoms with Gasteiger partial charge in [-0.3, -0.25) is 4.79 Å². The molecule has 1 aliphatic heterocycles. The Hall–Kier alpha value is -2.45. The maximum atomic E-state index is 12.3. The minimum absolute atomic E-state index is 0.201. The molecule has 136 valence electrons. The number of anilines is 1. The van der Waals surface area contributed by atoms with Crippen LogP contribution in [0.1, 0.15) is 17.7 Å². The van der Waals surface area contributed by atoms with Crippen LogP contribution in [-0.2, 0) is 11.3 Å². The van der Waals surface area contributed by atoms with E-state index in [-0.39, 0.29) is 5.56 Å². The first-order chi connectivity index (χ1) is 12.6. The van der Waals surface area contributed by atoms with Crippen LogP contribution in [0.25, 0.3) is 5.78 Å². The number of ether oxygens (including phenoxy) is 1. The molecule has 1 unspecified atom stereocenters. The highest BCUT2D eigenvalue weighted by Gasteiger charge is 2.17. The zero-order valence-corrected chi connectivity index (χ0v) is 15.1. The SMILES string of the molecule is Cc1cc(=O)n2nc(NCC3CCOC3)nc2n1Cc1ccc(Cl)nc1. The van der Waals surface area contributed by atoms with Crippen molar-refractivity contribution in [3.63, 3.8) is 0 Å². The quantitative estimate of drug-likeness (QED) is 0.685. The molecule has 0 aromatic carbocycles. The maximum Gasteiger partial charge on any atom is 0.275 e. The van der Waals surface area contributed by atoms with Gasteiger partial charge in [-0.05, 0) is 25.0 Å². The monoisotopic (exact) mass is 374 g/mol. The highest BCUT2D eigenvalue weighted by molar-refractivity contribution is 6.29. The molecule has 1 saturated heterocycles. The van der Waals surface area contributed by atoms with Gasteiger partial charge in [0.25, 0.3) is 5.56 Å². The van der Waals surface area contributed by atoms with Crippen LogP contribution in [0.4, 0.5) is 5.95 Å². The summed E-state index contributed by atoms with van der Waals surface area (Å²) >= 11 is 5.85. The van der Waals surface area contributed by atoms with Crippen LogP contribution < -0.4 is 10.9 Å². The van der Waals surface area contributed by atoms with Crippen molar-refractivity contribution in [2.45, 2.75) is 19.9 Å². The number of halogens is 1. The molecule has 1 atom stereocenters. The molecule has 9 heteroatoms. The van der Waals surface area contributed by atoms with Gasteiger partial charge in [0.2, 0.25) is 11.7 Å². The fraction of sp³-hybridized carbons (Fsp3) is 0.412. The second kappa shape index (κ2) is 7.05. The van der Waals surface area contributed by atoms with Crippen LogP contribution in [0.2, 0.25) is 5.15 Å². The lowest BCUT2D eigenvalue weighted by atomic mass is 10.1. The van der Waals surface area contributed by atoms with Gasteiger partial charge >= 0.3 is 0 Å². The molecule has 0 amide bonds. The van der Waals surface area contributed by atoms with Crippen LogP contribution >= 0.6 is 11.6 Å². The molecular weight excluding hydrogens is 356 g/mol. The first-order valence-electron chi connectivity index (χ1n) is 8.49. The van der Waals surface area contributed by atoms with Gasteiger partial charge in [-0.25, -0.2) is 4.98 Å². The number of rotatable bonds is 5. The smallest absolute Gasteiger partial charge is 0.275 e. The number of hydrogen-bond acceptors (Lipinski definition) is 6. The van der Waals surface area contributed by atoms with E-state index in [1.54, 1.807) is 18.3 Å². The molecule has 26 heavy (non-hydrogen) atoms. The highest BCUT2D eigenvalue weighted by atomic mass is 35.5. The summed E-state index contributed by atoms with van der Waals surface area (Å²) in [5, 5.41) is 7.98. The summed E-state index contributed by atoms with van der Waals surface area (Å²) in [6, 6.07) is 5.20.